The molecule has 0 aliphatic heterocycles. The van der Waals surface area contributed by atoms with Crippen LogP contribution in [0.2, 0.25) is 0 Å². The van der Waals surface area contributed by atoms with Gasteiger partial charge in [0.15, 0.2) is 5.65 Å². The maximum absolute atomic E-state index is 11.4. The zero-order valence-corrected chi connectivity index (χ0v) is 10.7. The molecule has 2 atom stereocenters. The van der Waals surface area contributed by atoms with E-state index in [-0.39, 0.29) is 5.92 Å². The highest BCUT2D eigenvalue weighted by Crippen LogP contribution is 2.33. The van der Waals surface area contributed by atoms with Crippen LogP contribution in [0.5, 0.6) is 0 Å². The Morgan fingerprint density at radius 1 is 1.37 bits per heavy atom. The average Bonchev–Trinajstić information content (AvgIpc) is 2.81. The lowest BCUT2D eigenvalue weighted by molar-refractivity contribution is -0.142. The molecule has 3 rings (SSSR count). The van der Waals surface area contributed by atoms with E-state index in [4.69, 9.17) is 0 Å². The molecular formula is C14H15N3O2. The monoisotopic (exact) mass is 257 g/mol. The van der Waals surface area contributed by atoms with Gasteiger partial charge in [0, 0.05) is 12.1 Å². The Kier molecular flexibility index (Phi) is 2.81. The minimum atomic E-state index is -0.766. The third-order valence-corrected chi connectivity index (χ3v) is 3.67. The number of aryl methyl sites for hydroxylation is 1. The normalized spacial score (nSPS) is 22.8. The van der Waals surface area contributed by atoms with Crippen molar-refractivity contribution in [2.45, 2.75) is 25.7 Å². The molecule has 0 radical (unpaired) electrons. The van der Waals surface area contributed by atoms with Gasteiger partial charge in [0.1, 0.15) is 5.82 Å². The summed E-state index contributed by atoms with van der Waals surface area (Å²) >= 11 is 0. The van der Waals surface area contributed by atoms with Crippen molar-refractivity contribution in [2.24, 2.45) is 5.92 Å². The van der Waals surface area contributed by atoms with Gasteiger partial charge in [0.05, 0.1) is 5.92 Å². The van der Waals surface area contributed by atoms with Crippen LogP contribution in [0.15, 0.2) is 30.5 Å². The Hall–Kier alpha value is -2.17. The first-order chi connectivity index (χ1) is 9.16. The molecule has 0 saturated heterocycles. The molecule has 0 saturated carbocycles. The van der Waals surface area contributed by atoms with Gasteiger partial charge in [-0.05, 0) is 37.5 Å². The number of pyridine rings is 1. The molecule has 98 valence electrons. The van der Waals surface area contributed by atoms with Gasteiger partial charge >= 0.3 is 5.97 Å². The Morgan fingerprint density at radius 2 is 2.16 bits per heavy atom. The van der Waals surface area contributed by atoms with Crippen molar-refractivity contribution in [1.82, 2.24) is 14.6 Å². The molecule has 1 aliphatic rings. The van der Waals surface area contributed by atoms with E-state index in [0.29, 0.717) is 12.8 Å². The Bertz CT molecular complexity index is 660. The molecule has 2 aromatic rings. The largest absolute Gasteiger partial charge is 0.481 e. The fourth-order valence-electron chi connectivity index (χ4n) is 2.64. The summed E-state index contributed by atoms with van der Waals surface area (Å²) in [6.07, 6.45) is 7.13. The molecule has 5 heteroatoms. The molecular weight excluding hydrogens is 242 g/mol. The van der Waals surface area contributed by atoms with E-state index in [1.807, 2.05) is 41.8 Å². The van der Waals surface area contributed by atoms with Gasteiger partial charge in [0.2, 0.25) is 0 Å². The van der Waals surface area contributed by atoms with Crippen LogP contribution in [0.25, 0.3) is 5.65 Å². The van der Waals surface area contributed by atoms with Crippen LogP contribution in [-0.4, -0.2) is 25.7 Å². The molecule has 2 aromatic heterocycles. The second-order valence-electron chi connectivity index (χ2n) is 4.98. The first-order valence-electron chi connectivity index (χ1n) is 6.36. The summed E-state index contributed by atoms with van der Waals surface area (Å²) in [4.78, 5) is 11.4. The Labute approximate surface area is 110 Å². The van der Waals surface area contributed by atoms with Crippen molar-refractivity contribution in [1.29, 1.82) is 0 Å². The van der Waals surface area contributed by atoms with Crippen molar-refractivity contribution < 1.29 is 9.90 Å². The fraction of sp³-hybridized carbons (Fsp3) is 0.357. The van der Waals surface area contributed by atoms with Crippen molar-refractivity contribution in [2.75, 3.05) is 0 Å². The number of fused-ring (bicyclic) bond motifs is 1. The molecule has 2 heterocycles. The summed E-state index contributed by atoms with van der Waals surface area (Å²) < 4.78 is 1.90. The summed E-state index contributed by atoms with van der Waals surface area (Å²) in [7, 11) is 0. The number of allylic oxidation sites excluding steroid dienone is 2. The van der Waals surface area contributed by atoms with Gasteiger partial charge in [0.25, 0.3) is 0 Å². The van der Waals surface area contributed by atoms with Gasteiger partial charge < -0.3 is 5.11 Å². The van der Waals surface area contributed by atoms with E-state index < -0.39 is 11.9 Å². The Morgan fingerprint density at radius 3 is 2.95 bits per heavy atom. The number of carbonyl (C=O) groups is 1. The second-order valence-corrected chi connectivity index (χ2v) is 4.98. The molecule has 0 fully saturated rings. The number of rotatable bonds is 2. The third-order valence-electron chi connectivity index (χ3n) is 3.67. The third kappa shape index (κ3) is 2.01. The van der Waals surface area contributed by atoms with Crippen LogP contribution < -0.4 is 0 Å². The summed E-state index contributed by atoms with van der Waals surface area (Å²) in [5, 5.41) is 17.7. The Balaban J connectivity index is 2.08. The van der Waals surface area contributed by atoms with E-state index in [9.17, 15) is 9.90 Å². The molecule has 5 nitrogen and oxygen atoms in total. The van der Waals surface area contributed by atoms with Gasteiger partial charge in [-0.15, -0.1) is 10.2 Å². The number of aromatic nitrogens is 3. The molecule has 0 amide bonds. The molecule has 19 heavy (non-hydrogen) atoms. The topological polar surface area (TPSA) is 67.5 Å². The van der Waals surface area contributed by atoms with E-state index in [0.717, 1.165) is 17.0 Å². The van der Waals surface area contributed by atoms with E-state index in [1.54, 1.807) is 0 Å². The number of hydrogen-bond donors (Lipinski definition) is 1. The van der Waals surface area contributed by atoms with Crippen LogP contribution in [-0.2, 0) is 4.79 Å². The second kappa shape index (κ2) is 4.50. The number of hydrogen-bond acceptors (Lipinski definition) is 3. The predicted octanol–water partition coefficient (Wildman–Crippen LogP) is 2.17. The first kappa shape index (κ1) is 11.9. The van der Waals surface area contributed by atoms with Crippen molar-refractivity contribution in [3.8, 4) is 0 Å². The quantitative estimate of drug-likeness (QED) is 0.837. The fourth-order valence-corrected chi connectivity index (χ4v) is 2.64. The lowest BCUT2D eigenvalue weighted by Gasteiger charge is -2.23. The maximum Gasteiger partial charge on any atom is 0.307 e. The molecule has 0 spiro atoms. The highest BCUT2D eigenvalue weighted by molar-refractivity contribution is 5.71. The minimum Gasteiger partial charge on any atom is -0.481 e. The summed E-state index contributed by atoms with van der Waals surface area (Å²) in [6, 6.07) is 3.93. The van der Waals surface area contributed by atoms with Crippen LogP contribution in [0.4, 0.5) is 0 Å². The van der Waals surface area contributed by atoms with Crippen LogP contribution >= 0.6 is 0 Å². The minimum absolute atomic E-state index is 0.111. The number of nitrogens with zero attached hydrogens (tertiary/aromatic N) is 3. The lowest BCUT2D eigenvalue weighted by Crippen LogP contribution is -2.25. The summed E-state index contributed by atoms with van der Waals surface area (Å²) in [5.74, 6) is -0.552. The number of aliphatic carboxylic acids is 1. The predicted molar refractivity (Wildman–Crippen MR) is 70.0 cm³/mol. The van der Waals surface area contributed by atoms with E-state index in [1.165, 1.54) is 0 Å². The maximum atomic E-state index is 11.4. The first-order valence-corrected chi connectivity index (χ1v) is 6.36. The van der Waals surface area contributed by atoms with Crippen LogP contribution in [0, 0.1) is 12.8 Å². The highest BCUT2D eigenvalue weighted by Gasteiger charge is 2.33. The smallest absolute Gasteiger partial charge is 0.307 e. The zero-order valence-electron chi connectivity index (χ0n) is 10.7. The number of carboxylic acids is 1. The molecule has 1 N–H and O–H groups in total. The van der Waals surface area contributed by atoms with Crippen LogP contribution in [0.3, 0.4) is 0 Å². The SMILES string of the molecule is Cc1ccn2c(C3CC=CCC3C(=O)O)nnc2c1. The van der Waals surface area contributed by atoms with Crippen molar-refractivity contribution >= 4 is 11.6 Å². The van der Waals surface area contributed by atoms with Crippen molar-refractivity contribution in [3.05, 3.63) is 41.9 Å². The van der Waals surface area contributed by atoms with Gasteiger partial charge in [-0.1, -0.05) is 12.2 Å². The van der Waals surface area contributed by atoms with E-state index in [2.05, 4.69) is 10.2 Å². The molecule has 0 bridgehead atoms. The average molecular weight is 257 g/mol. The standard InChI is InChI=1S/C14H15N3O2/c1-9-6-7-17-12(8-9)15-16-13(17)10-4-2-3-5-11(10)14(18)19/h2-3,6-8,10-11H,4-5H2,1H3,(H,18,19). The van der Waals surface area contributed by atoms with Crippen LogP contribution in [0.1, 0.15) is 30.1 Å². The summed E-state index contributed by atoms with van der Waals surface area (Å²) in [5.41, 5.74) is 1.89. The molecule has 0 aromatic carbocycles. The molecule has 2 unspecified atom stereocenters. The molecule has 1 aliphatic carbocycles. The van der Waals surface area contributed by atoms with Crippen molar-refractivity contribution in [3.63, 3.8) is 0 Å². The summed E-state index contributed by atoms with van der Waals surface area (Å²) in [6.45, 7) is 2.00. The highest BCUT2D eigenvalue weighted by atomic mass is 16.4. The van der Waals surface area contributed by atoms with Gasteiger partial charge in [-0.3, -0.25) is 9.20 Å². The number of carboxylic acid groups (broad SMARTS) is 1. The van der Waals surface area contributed by atoms with E-state index >= 15 is 0 Å². The lowest BCUT2D eigenvalue weighted by atomic mass is 9.82. The van der Waals surface area contributed by atoms with Gasteiger partial charge in [-0.25, -0.2) is 0 Å². The zero-order chi connectivity index (χ0) is 13.4. The van der Waals surface area contributed by atoms with Gasteiger partial charge in [-0.2, -0.15) is 0 Å².